The van der Waals surface area contributed by atoms with Gasteiger partial charge >= 0.3 is 0 Å². The highest BCUT2D eigenvalue weighted by Gasteiger charge is 2.11. The van der Waals surface area contributed by atoms with Gasteiger partial charge in [0.05, 0.1) is 5.69 Å². The van der Waals surface area contributed by atoms with Crippen LogP contribution in [-0.2, 0) is 0 Å². The lowest BCUT2D eigenvalue weighted by Crippen LogP contribution is -1.86. The van der Waals surface area contributed by atoms with Crippen molar-refractivity contribution in [3.63, 3.8) is 0 Å². The van der Waals surface area contributed by atoms with Crippen LogP contribution >= 0.6 is 11.3 Å². The summed E-state index contributed by atoms with van der Waals surface area (Å²) in [7, 11) is 0. The second-order valence-electron chi connectivity index (χ2n) is 4.03. The maximum Gasteiger partial charge on any atom is 0.135 e. The molecule has 1 aromatic heterocycles. The van der Waals surface area contributed by atoms with E-state index in [-0.39, 0.29) is 0 Å². The molecule has 0 N–H and O–H groups in total. The molecule has 0 saturated carbocycles. The van der Waals surface area contributed by atoms with Gasteiger partial charge in [0.15, 0.2) is 0 Å². The molecule has 0 aliphatic rings. The molecule has 3 rings (SSSR count). The molecular weight excluding hydrogens is 264 g/mol. The largest absolute Gasteiger partial charge is 0.236 e. The van der Waals surface area contributed by atoms with Gasteiger partial charge in [-0.05, 0) is 12.1 Å². The van der Waals surface area contributed by atoms with E-state index in [4.69, 9.17) is 0 Å². The minimum Gasteiger partial charge on any atom is -0.236 e. The van der Waals surface area contributed by atoms with Crippen LogP contribution in [0.25, 0.3) is 21.8 Å². The van der Waals surface area contributed by atoms with E-state index in [1.807, 2.05) is 30.3 Å². The highest BCUT2D eigenvalue weighted by atomic mass is 32.1. The Balaban J connectivity index is 2.02. The number of halogens is 2. The molecule has 0 atom stereocenters. The predicted octanol–water partition coefficient (Wildman–Crippen LogP) is 4.76. The summed E-state index contributed by atoms with van der Waals surface area (Å²) in [6.45, 7) is 0. The lowest BCUT2D eigenvalue weighted by molar-refractivity contribution is 0.585. The molecule has 0 fully saturated rings. The SMILES string of the molecule is Fc1ccc(-c2csc(-c3ccccc3)n2)c(F)c1. The molecule has 0 unspecified atom stereocenters. The summed E-state index contributed by atoms with van der Waals surface area (Å²) in [4.78, 5) is 4.40. The van der Waals surface area contributed by atoms with Crippen LogP contribution in [0.5, 0.6) is 0 Å². The van der Waals surface area contributed by atoms with E-state index in [0.29, 0.717) is 11.3 Å². The third-order valence-electron chi connectivity index (χ3n) is 2.73. The van der Waals surface area contributed by atoms with Gasteiger partial charge in [-0.15, -0.1) is 11.3 Å². The van der Waals surface area contributed by atoms with Crippen molar-refractivity contribution in [3.8, 4) is 21.8 Å². The Morgan fingerprint density at radius 1 is 0.947 bits per heavy atom. The summed E-state index contributed by atoms with van der Waals surface area (Å²) >= 11 is 1.44. The molecule has 1 nitrogen and oxygen atoms in total. The van der Waals surface area contributed by atoms with Crippen LogP contribution < -0.4 is 0 Å². The quantitative estimate of drug-likeness (QED) is 0.656. The topological polar surface area (TPSA) is 12.9 Å². The Bertz CT molecular complexity index is 707. The molecule has 19 heavy (non-hydrogen) atoms. The van der Waals surface area contributed by atoms with Crippen molar-refractivity contribution in [1.29, 1.82) is 0 Å². The van der Waals surface area contributed by atoms with E-state index in [0.717, 1.165) is 16.6 Å². The zero-order valence-electron chi connectivity index (χ0n) is 9.81. The van der Waals surface area contributed by atoms with Gasteiger partial charge in [-0.25, -0.2) is 13.8 Å². The molecule has 1 heterocycles. The monoisotopic (exact) mass is 273 g/mol. The van der Waals surface area contributed by atoms with Gasteiger partial charge in [0.1, 0.15) is 16.6 Å². The summed E-state index contributed by atoms with van der Waals surface area (Å²) < 4.78 is 26.5. The number of nitrogens with zero attached hydrogens (tertiary/aromatic N) is 1. The summed E-state index contributed by atoms with van der Waals surface area (Å²) in [5.41, 5.74) is 1.84. The third-order valence-corrected chi connectivity index (χ3v) is 3.62. The average molecular weight is 273 g/mol. The van der Waals surface area contributed by atoms with Gasteiger partial charge in [-0.1, -0.05) is 30.3 Å². The van der Waals surface area contributed by atoms with E-state index in [9.17, 15) is 8.78 Å². The van der Waals surface area contributed by atoms with E-state index in [2.05, 4.69) is 4.98 Å². The van der Waals surface area contributed by atoms with Crippen molar-refractivity contribution in [2.24, 2.45) is 0 Å². The number of hydrogen-bond donors (Lipinski definition) is 0. The fraction of sp³-hybridized carbons (Fsp3) is 0. The molecule has 4 heteroatoms. The minimum atomic E-state index is -0.593. The van der Waals surface area contributed by atoms with Crippen molar-refractivity contribution < 1.29 is 8.78 Å². The molecule has 3 aromatic rings. The first-order chi connectivity index (χ1) is 9.24. The third kappa shape index (κ3) is 2.39. The van der Waals surface area contributed by atoms with Crippen LogP contribution in [0.3, 0.4) is 0 Å². The van der Waals surface area contributed by atoms with E-state index < -0.39 is 11.6 Å². The molecule has 0 amide bonds. The predicted molar refractivity (Wildman–Crippen MR) is 72.9 cm³/mol. The number of hydrogen-bond acceptors (Lipinski definition) is 2. The van der Waals surface area contributed by atoms with Crippen molar-refractivity contribution in [3.05, 3.63) is 65.5 Å². The summed E-state index contributed by atoms with van der Waals surface area (Å²) in [5, 5.41) is 2.60. The summed E-state index contributed by atoms with van der Waals surface area (Å²) in [5.74, 6) is -1.18. The summed E-state index contributed by atoms with van der Waals surface area (Å²) in [6, 6.07) is 13.2. The summed E-state index contributed by atoms with van der Waals surface area (Å²) in [6.07, 6.45) is 0. The van der Waals surface area contributed by atoms with Crippen LogP contribution in [0.15, 0.2) is 53.9 Å². The molecule has 0 spiro atoms. The average Bonchev–Trinajstić information content (AvgIpc) is 2.89. The maximum atomic E-state index is 13.7. The normalized spacial score (nSPS) is 10.6. The Morgan fingerprint density at radius 2 is 1.74 bits per heavy atom. The van der Waals surface area contributed by atoms with Gasteiger partial charge in [-0.3, -0.25) is 0 Å². The lowest BCUT2D eigenvalue weighted by atomic mass is 10.1. The van der Waals surface area contributed by atoms with Gasteiger partial charge in [0, 0.05) is 22.6 Å². The molecule has 0 aliphatic carbocycles. The van der Waals surface area contributed by atoms with Crippen LogP contribution in [0.1, 0.15) is 0 Å². The second kappa shape index (κ2) is 4.90. The van der Waals surface area contributed by atoms with Crippen molar-refractivity contribution >= 4 is 11.3 Å². The molecule has 0 radical (unpaired) electrons. The first kappa shape index (κ1) is 12.0. The molecular formula is C15H9F2NS. The molecule has 94 valence electrons. The van der Waals surface area contributed by atoms with E-state index in [1.54, 1.807) is 5.38 Å². The molecule has 2 aromatic carbocycles. The first-order valence-electron chi connectivity index (χ1n) is 5.70. The Labute approximate surface area is 113 Å². The molecule has 0 saturated heterocycles. The van der Waals surface area contributed by atoms with Gasteiger partial charge in [0.2, 0.25) is 0 Å². The second-order valence-corrected chi connectivity index (χ2v) is 4.89. The number of benzene rings is 2. The Hall–Kier alpha value is -2.07. The molecule has 0 bridgehead atoms. The molecule has 0 aliphatic heterocycles. The number of thiazole rings is 1. The maximum absolute atomic E-state index is 13.7. The van der Waals surface area contributed by atoms with Crippen molar-refractivity contribution in [2.45, 2.75) is 0 Å². The zero-order valence-corrected chi connectivity index (χ0v) is 10.6. The van der Waals surface area contributed by atoms with Gasteiger partial charge < -0.3 is 0 Å². The Kier molecular flexibility index (Phi) is 3.09. The number of aromatic nitrogens is 1. The lowest BCUT2D eigenvalue weighted by Gasteiger charge is -1.99. The zero-order chi connectivity index (χ0) is 13.2. The van der Waals surface area contributed by atoms with E-state index >= 15 is 0 Å². The number of rotatable bonds is 2. The smallest absolute Gasteiger partial charge is 0.135 e. The minimum absolute atomic E-state index is 0.319. The fourth-order valence-electron chi connectivity index (χ4n) is 1.81. The first-order valence-corrected chi connectivity index (χ1v) is 6.58. The van der Waals surface area contributed by atoms with Crippen LogP contribution in [0.2, 0.25) is 0 Å². The highest BCUT2D eigenvalue weighted by Crippen LogP contribution is 2.30. The Morgan fingerprint density at radius 3 is 2.47 bits per heavy atom. The van der Waals surface area contributed by atoms with Crippen LogP contribution in [-0.4, -0.2) is 4.98 Å². The highest BCUT2D eigenvalue weighted by molar-refractivity contribution is 7.13. The van der Waals surface area contributed by atoms with Crippen LogP contribution in [0.4, 0.5) is 8.78 Å². The van der Waals surface area contributed by atoms with Gasteiger partial charge in [-0.2, -0.15) is 0 Å². The van der Waals surface area contributed by atoms with Crippen molar-refractivity contribution in [1.82, 2.24) is 4.98 Å². The van der Waals surface area contributed by atoms with Crippen LogP contribution in [0, 0.1) is 11.6 Å². The fourth-order valence-corrected chi connectivity index (χ4v) is 2.63. The standard InChI is InChI=1S/C15H9F2NS/c16-11-6-7-12(13(17)8-11)14-9-19-15(18-14)10-4-2-1-3-5-10/h1-9H. The van der Waals surface area contributed by atoms with E-state index in [1.165, 1.54) is 23.5 Å². The van der Waals surface area contributed by atoms with Gasteiger partial charge in [0.25, 0.3) is 0 Å². The van der Waals surface area contributed by atoms with Crippen molar-refractivity contribution in [2.75, 3.05) is 0 Å².